The number of aromatic nitrogens is 2. The SMILES string of the molecule is Cc1nonc1C[N+]12CN3CN(CN(C3)C1)C2. The van der Waals surface area contributed by atoms with Crippen LogP contribution in [0.3, 0.4) is 0 Å². The molecule has 1 aromatic rings. The predicted octanol–water partition coefficient (Wildman–Crippen LogP) is -0.613. The molecule has 0 amide bonds. The third kappa shape index (κ3) is 1.50. The average molecular weight is 237 g/mol. The van der Waals surface area contributed by atoms with E-state index in [4.69, 9.17) is 4.63 Å². The summed E-state index contributed by atoms with van der Waals surface area (Å²) >= 11 is 0. The van der Waals surface area contributed by atoms with E-state index in [-0.39, 0.29) is 0 Å². The van der Waals surface area contributed by atoms with E-state index < -0.39 is 0 Å². The summed E-state index contributed by atoms with van der Waals surface area (Å²) in [5.41, 5.74) is 1.94. The van der Waals surface area contributed by atoms with Crippen molar-refractivity contribution in [2.45, 2.75) is 13.5 Å². The molecule has 4 aliphatic heterocycles. The van der Waals surface area contributed by atoms with Gasteiger partial charge in [-0.05, 0) is 12.1 Å². The highest BCUT2D eigenvalue weighted by atomic mass is 16.6. The van der Waals surface area contributed by atoms with Crippen molar-refractivity contribution in [1.82, 2.24) is 25.0 Å². The minimum Gasteiger partial charge on any atom is -0.281 e. The summed E-state index contributed by atoms with van der Waals surface area (Å²) in [4.78, 5) is 7.50. The van der Waals surface area contributed by atoms with Crippen LogP contribution in [0.5, 0.6) is 0 Å². The van der Waals surface area contributed by atoms with Crippen LogP contribution in [0, 0.1) is 6.92 Å². The Balaban J connectivity index is 1.62. The van der Waals surface area contributed by atoms with Crippen molar-refractivity contribution < 1.29 is 9.11 Å². The second-order valence-electron chi connectivity index (χ2n) is 5.66. The van der Waals surface area contributed by atoms with Gasteiger partial charge in [-0.1, -0.05) is 5.16 Å². The van der Waals surface area contributed by atoms with Gasteiger partial charge in [0.1, 0.15) is 32.2 Å². The van der Waals surface area contributed by atoms with Gasteiger partial charge in [-0.2, -0.15) is 0 Å². The number of aryl methyl sites for hydroxylation is 1. The molecule has 4 aliphatic rings. The molecule has 7 heteroatoms. The lowest BCUT2D eigenvalue weighted by atomic mass is 10.2. The van der Waals surface area contributed by atoms with Crippen molar-refractivity contribution in [2.24, 2.45) is 0 Å². The number of hydrogen-bond donors (Lipinski definition) is 0. The molecule has 1 aromatic heterocycles. The summed E-state index contributed by atoms with van der Waals surface area (Å²) < 4.78 is 5.86. The van der Waals surface area contributed by atoms with Gasteiger partial charge in [-0.15, -0.1) is 0 Å². The highest BCUT2D eigenvalue weighted by molar-refractivity contribution is 5.02. The van der Waals surface area contributed by atoms with Gasteiger partial charge in [0, 0.05) is 0 Å². The molecule has 4 fully saturated rings. The summed E-state index contributed by atoms with van der Waals surface area (Å²) in [5.74, 6) is 0. The van der Waals surface area contributed by atoms with Gasteiger partial charge >= 0.3 is 0 Å². The predicted molar refractivity (Wildman–Crippen MR) is 57.7 cm³/mol. The molecular weight excluding hydrogens is 220 g/mol. The second kappa shape index (κ2) is 3.26. The van der Waals surface area contributed by atoms with Crippen LogP contribution >= 0.6 is 0 Å². The van der Waals surface area contributed by atoms with Crippen LogP contribution in [0.2, 0.25) is 0 Å². The Kier molecular flexibility index (Phi) is 1.91. The maximum absolute atomic E-state index is 4.81. The normalized spacial score (nSPS) is 43.2. The van der Waals surface area contributed by atoms with Crippen LogP contribution in [0.1, 0.15) is 11.4 Å². The van der Waals surface area contributed by atoms with Crippen molar-refractivity contribution in [3.05, 3.63) is 11.4 Å². The van der Waals surface area contributed by atoms with Gasteiger partial charge in [-0.25, -0.2) is 19.3 Å². The Morgan fingerprint density at radius 3 is 2.12 bits per heavy atom. The lowest BCUT2D eigenvalue weighted by Gasteiger charge is -2.60. The Morgan fingerprint density at radius 1 is 1.06 bits per heavy atom. The van der Waals surface area contributed by atoms with Gasteiger partial charge in [0.2, 0.25) is 0 Å². The van der Waals surface area contributed by atoms with Gasteiger partial charge in [-0.3, -0.25) is 4.48 Å². The zero-order chi connectivity index (χ0) is 11.5. The molecule has 0 N–H and O–H groups in total. The Labute approximate surface area is 99.7 Å². The highest BCUT2D eigenvalue weighted by Gasteiger charge is 2.48. The molecule has 0 spiro atoms. The van der Waals surface area contributed by atoms with Gasteiger partial charge in [0.15, 0.2) is 5.69 Å². The van der Waals surface area contributed by atoms with Crippen LogP contribution in [0.15, 0.2) is 4.63 Å². The van der Waals surface area contributed by atoms with Crippen LogP contribution in [0.4, 0.5) is 0 Å². The van der Waals surface area contributed by atoms with E-state index >= 15 is 0 Å². The first-order valence-corrected chi connectivity index (χ1v) is 6.03. The fraction of sp³-hybridized carbons (Fsp3) is 0.800. The number of nitrogens with zero attached hydrogens (tertiary/aromatic N) is 6. The Morgan fingerprint density at radius 2 is 1.65 bits per heavy atom. The summed E-state index contributed by atoms with van der Waals surface area (Å²) in [5, 5.41) is 7.91. The minimum atomic E-state index is 0.929. The Bertz CT molecular complexity index is 408. The van der Waals surface area contributed by atoms with Crippen LogP contribution in [-0.2, 0) is 6.54 Å². The summed E-state index contributed by atoms with van der Waals surface area (Å²) in [6, 6.07) is 0. The van der Waals surface area contributed by atoms with Crippen molar-refractivity contribution in [1.29, 1.82) is 0 Å². The minimum absolute atomic E-state index is 0.929. The van der Waals surface area contributed by atoms with Gasteiger partial charge in [0.05, 0.1) is 20.0 Å². The van der Waals surface area contributed by atoms with Crippen LogP contribution < -0.4 is 0 Å². The zero-order valence-electron chi connectivity index (χ0n) is 10.0. The van der Waals surface area contributed by atoms with E-state index in [2.05, 4.69) is 25.0 Å². The smallest absolute Gasteiger partial charge is 0.162 e. The molecule has 0 aromatic carbocycles. The fourth-order valence-electron chi connectivity index (χ4n) is 3.52. The lowest BCUT2D eigenvalue weighted by molar-refractivity contribution is -0.991. The molecule has 4 saturated heterocycles. The van der Waals surface area contributed by atoms with Crippen molar-refractivity contribution in [3.8, 4) is 0 Å². The number of hydrogen-bond acceptors (Lipinski definition) is 6. The largest absolute Gasteiger partial charge is 0.281 e. The summed E-state index contributed by atoms with van der Waals surface area (Å²) in [6.07, 6.45) is 0. The van der Waals surface area contributed by atoms with Crippen molar-refractivity contribution >= 4 is 0 Å². The highest BCUT2D eigenvalue weighted by Crippen LogP contribution is 2.30. The van der Waals surface area contributed by atoms with E-state index in [1.807, 2.05) is 6.92 Å². The topological polar surface area (TPSA) is 48.6 Å². The van der Waals surface area contributed by atoms with Crippen LogP contribution in [0.25, 0.3) is 0 Å². The first-order chi connectivity index (χ1) is 8.22. The molecule has 0 radical (unpaired) electrons. The molecule has 0 unspecified atom stereocenters. The quantitative estimate of drug-likeness (QED) is 0.639. The zero-order valence-corrected chi connectivity index (χ0v) is 10.0. The summed E-state index contributed by atoms with van der Waals surface area (Å²) in [6.45, 7) is 9.62. The van der Waals surface area contributed by atoms with E-state index in [9.17, 15) is 0 Å². The molecule has 4 bridgehead atoms. The fourth-order valence-corrected chi connectivity index (χ4v) is 3.52. The first kappa shape index (κ1) is 9.95. The molecule has 0 atom stereocenters. The average Bonchev–Trinajstić information content (AvgIpc) is 2.61. The first-order valence-electron chi connectivity index (χ1n) is 6.03. The third-order valence-corrected chi connectivity index (χ3v) is 3.93. The Hall–Kier alpha value is -1.02. The molecule has 0 saturated carbocycles. The third-order valence-electron chi connectivity index (χ3n) is 3.93. The lowest BCUT2D eigenvalue weighted by Crippen LogP contribution is -2.78. The maximum atomic E-state index is 4.81. The molecule has 0 aliphatic carbocycles. The van der Waals surface area contributed by atoms with E-state index in [1.54, 1.807) is 0 Å². The molecule has 17 heavy (non-hydrogen) atoms. The van der Waals surface area contributed by atoms with E-state index in [1.165, 1.54) is 0 Å². The van der Waals surface area contributed by atoms with Crippen LogP contribution in [-0.4, -0.2) is 69.5 Å². The molecule has 5 rings (SSSR count). The summed E-state index contributed by atoms with van der Waals surface area (Å²) in [7, 11) is 0. The van der Waals surface area contributed by atoms with Gasteiger partial charge < -0.3 is 0 Å². The molecular formula is C10H17N6O+. The molecule has 7 nitrogen and oxygen atoms in total. The second-order valence-corrected chi connectivity index (χ2v) is 5.66. The van der Waals surface area contributed by atoms with Crippen molar-refractivity contribution in [2.75, 3.05) is 40.0 Å². The maximum Gasteiger partial charge on any atom is 0.162 e. The molecule has 5 heterocycles. The monoisotopic (exact) mass is 237 g/mol. The molecule has 92 valence electrons. The number of rotatable bonds is 2. The standard InChI is InChI=1S/C10H17N6O/c1-9-10(12-17-11-9)2-16-6-13-3-14(7-16)5-15(4-13)8-16/h2-8H2,1H3/q+1. The van der Waals surface area contributed by atoms with E-state index in [0.29, 0.717) is 0 Å². The van der Waals surface area contributed by atoms with Crippen molar-refractivity contribution in [3.63, 3.8) is 0 Å². The number of quaternary nitrogens is 1. The van der Waals surface area contributed by atoms with E-state index in [0.717, 1.165) is 62.4 Å². The van der Waals surface area contributed by atoms with Gasteiger partial charge in [0.25, 0.3) is 0 Å².